The van der Waals surface area contributed by atoms with Crippen LogP contribution in [-0.2, 0) is 19.3 Å². The summed E-state index contributed by atoms with van der Waals surface area (Å²) in [4.78, 5) is 2.68. The lowest BCUT2D eigenvalue weighted by molar-refractivity contribution is 0.175. The van der Waals surface area contributed by atoms with E-state index in [0.29, 0.717) is 11.8 Å². The molecule has 5 nitrogen and oxygen atoms in total. The molecule has 0 heterocycles. The molecule has 0 fully saturated rings. The molecule has 0 saturated heterocycles. The van der Waals surface area contributed by atoms with Gasteiger partial charge in [0.2, 0.25) is 0 Å². The van der Waals surface area contributed by atoms with E-state index in [2.05, 4.69) is 23.2 Å². The molecule has 5 heteroatoms. The molecule has 176 valence electrons. The molecule has 0 unspecified atom stereocenters. The minimum Gasteiger partial charge on any atom is -0.508 e. The minimum atomic E-state index is -0.0631. The number of phenolic OH excluding ortho intramolecular Hbond substituents is 3. The van der Waals surface area contributed by atoms with E-state index in [4.69, 9.17) is 0 Å². The number of hydrogen-bond acceptors (Lipinski definition) is 5. The van der Waals surface area contributed by atoms with Crippen molar-refractivity contribution in [1.82, 2.24) is 10.2 Å². The van der Waals surface area contributed by atoms with Crippen LogP contribution in [0.15, 0.2) is 36.4 Å². The maximum atomic E-state index is 10.1. The lowest BCUT2D eigenvalue weighted by Gasteiger charge is -2.35. The minimum absolute atomic E-state index is 0.0461. The van der Waals surface area contributed by atoms with E-state index < -0.39 is 0 Å². The number of fused-ring (bicyclic) bond motifs is 1. The van der Waals surface area contributed by atoms with Gasteiger partial charge in [0, 0.05) is 6.04 Å². The number of rotatable bonds is 13. The van der Waals surface area contributed by atoms with Crippen molar-refractivity contribution < 1.29 is 15.3 Å². The van der Waals surface area contributed by atoms with E-state index in [0.717, 1.165) is 56.4 Å². The van der Waals surface area contributed by atoms with Crippen LogP contribution in [0.3, 0.4) is 0 Å². The van der Waals surface area contributed by atoms with E-state index in [1.54, 1.807) is 12.1 Å². The number of nitrogens with one attached hydrogen (secondary N) is 1. The zero-order valence-corrected chi connectivity index (χ0v) is 19.5. The van der Waals surface area contributed by atoms with Crippen molar-refractivity contribution in [3.63, 3.8) is 0 Å². The molecule has 1 aliphatic carbocycles. The molecule has 0 spiro atoms. The number of unbranched alkanes of at least 4 members (excludes halogenated alkanes) is 3. The first-order valence-electron chi connectivity index (χ1n) is 12.3. The average molecular weight is 441 g/mol. The average Bonchev–Trinajstić information content (AvgIpc) is 2.79. The Balaban J connectivity index is 1.28. The highest BCUT2D eigenvalue weighted by molar-refractivity contribution is 5.41. The van der Waals surface area contributed by atoms with Gasteiger partial charge < -0.3 is 25.5 Å². The molecule has 0 aliphatic heterocycles. The fourth-order valence-corrected chi connectivity index (χ4v) is 4.84. The van der Waals surface area contributed by atoms with Crippen LogP contribution in [0.4, 0.5) is 0 Å². The van der Waals surface area contributed by atoms with Crippen molar-refractivity contribution in [1.29, 1.82) is 0 Å². The molecule has 1 atom stereocenters. The summed E-state index contributed by atoms with van der Waals surface area (Å²) in [5.74, 6) is 0.361. The third kappa shape index (κ3) is 7.14. The Hall–Kier alpha value is -2.24. The second-order valence-corrected chi connectivity index (χ2v) is 9.08. The molecule has 3 rings (SSSR count). The summed E-state index contributed by atoms with van der Waals surface area (Å²) in [5.41, 5.74) is 3.52. The van der Waals surface area contributed by atoms with Crippen LogP contribution in [-0.4, -0.2) is 52.4 Å². The summed E-state index contributed by atoms with van der Waals surface area (Å²) < 4.78 is 0. The van der Waals surface area contributed by atoms with Gasteiger partial charge in [-0.3, -0.25) is 0 Å². The fraction of sp³-hybridized carbons (Fsp3) is 0.556. The number of phenols is 3. The lowest BCUT2D eigenvalue weighted by atomic mass is 9.86. The highest BCUT2D eigenvalue weighted by Gasteiger charge is 2.24. The maximum absolute atomic E-state index is 10.1. The number of nitrogens with zero attached hydrogens (tertiary/aromatic N) is 1. The zero-order chi connectivity index (χ0) is 22.8. The van der Waals surface area contributed by atoms with E-state index in [9.17, 15) is 15.3 Å². The Morgan fingerprint density at radius 2 is 1.75 bits per heavy atom. The van der Waals surface area contributed by atoms with Crippen LogP contribution in [0.1, 0.15) is 62.1 Å². The van der Waals surface area contributed by atoms with Crippen molar-refractivity contribution in [3.8, 4) is 17.2 Å². The Labute approximate surface area is 193 Å². The van der Waals surface area contributed by atoms with Crippen molar-refractivity contribution in [2.75, 3.05) is 26.2 Å². The molecule has 2 aromatic carbocycles. The van der Waals surface area contributed by atoms with Crippen LogP contribution >= 0.6 is 0 Å². The van der Waals surface area contributed by atoms with Crippen LogP contribution in [0.5, 0.6) is 17.2 Å². The zero-order valence-electron chi connectivity index (χ0n) is 19.5. The van der Waals surface area contributed by atoms with Crippen molar-refractivity contribution in [2.24, 2.45) is 0 Å². The lowest BCUT2D eigenvalue weighted by Crippen LogP contribution is -2.40. The number of hydrogen-bond donors (Lipinski definition) is 4. The van der Waals surface area contributed by atoms with Gasteiger partial charge in [0.1, 0.15) is 5.75 Å². The van der Waals surface area contributed by atoms with Gasteiger partial charge in [-0.2, -0.15) is 0 Å². The van der Waals surface area contributed by atoms with E-state index in [-0.39, 0.29) is 11.5 Å². The summed E-state index contributed by atoms with van der Waals surface area (Å²) in [6, 6.07) is 11.6. The molecule has 1 aliphatic rings. The normalized spacial score (nSPS) is 15.8. The van der Waals surface area contributed by atoms with Crippen molar-refractivity contribution >= 4 is 0 Å². The smallest absolute Gasteiger partial charge is 0.157 e. The van der Waals surface area contributed by atoms with Crippen molar-refractivity contribution in [3.05, 3.63) is 53.1 Å². The third-order valence-electron chi connectivity index (χ3n) is 6.64. The first-order chi connectivity index (χ1) is 15.6. The predicted octanol–water partition coefficient (Wildman–Crippen LogP) is 4.77. The van der Waals surface area contributed by atoms with Gasteiger partial charge in [0.05, 0.1) is 0 Å². The number of aromatic hydroxyl groups is 3. The van der Waals surface area contributed by atoms with E-state index in [1.165, 1.54) is 44.2 Å². The molecule has 0 bridgehead atoms. The fourth-order valence-electron chi connectivity index (χ4n) is 4.84. The van der Waals surface area contributed by atoms with Gasteiger partial charge in [-0.1, -0.05) is 38.0 Å². The first kappa shape index (κ1) is 24.4. The van der Waals surface area contributed by atoms with Crippen LogP contribution < -0.4 is 5.32 Å². The first-order valence-corrected chi connectivity index (χ1v) is 12.3. The molecule has 32 heavy (non-hydrogen) atoms. The highest BCUT2D eigenvalue weighted by atomic mass is 16.3. The van der Waals surface area contributed by atoms with Gasteiger partial charge in [0.25, 0.3) is 0 Å². The van der Waals surface area contributed by atoms with Crippen LogP contribution in [0, 0.1) is 0 Å². The maximum Gasteiger partial charge on any atom is 0.157 e. The molecule has 0 saturated carbocycles. The van der Waals surface area contributed by atoms with Crippen LogP contribution in [0.25, 0.3) is 0 Å². The third-order valence-corrected chi connectivity index (χ3v) is 6.64. The predicted molar refractivity (Wildman–Crippen MR) is 131 cm³/mol. The Morgan fingerprint density at radius 1 is 0.906 bits per heavy atom. The summed E-state index contributed by atoms with van der Waals surface area (Å²) in [6.07, 6.45) is 10.2. The van der Waals surface area contributed by atoms with Gasteiger partial charge in [-0.05, 0) is 106 Å². The summed E-state index contributed by atoms with van der Waals surface area (Å²) >= 11 is 0. The Morgan fingerprint density at radius 3 is 2.56 bits per heavy atom. The van der Waals surface area contributed by atoms with Gasteiger partial charge >= 0.3 is 0 Å². The molecule has 4 N–H and O–H groups in total. The largest absolute Gasteiger partial charge is 0.508 e. The molecule has 0 aromatic heterocycles. The topological polar surface area (TPSA) is 76.0 Å². The summed E-state index contributed by atoms with van der Waals surface area (Å²) in [5, 5.41) is 32.5. The summed E-state index contributed by atoms with van der Waals surface area (Å²) in [6.45, 7) is 6.50. The van der Waals surface area contributed by atoms with E-state index in [1.807, 2.05) is 18.2 Å². The quantitative estimate of drug-likeness (QED) is 0.267. The monoisotopic (exact) mass is 440 g/mol. The second kappa shape index (κ2) is 12.7. The molecular weight excluding hydrogens is 400 g/mol. The van der Waals surface area contributed by atoms with Crippen molar-refractivity contribution in [2.45, 2.75) is 70.8 Å². The van der Waals surface area contributed by atoms with E-state index >= 15 is 0 Å². The molecule has 0 radical (unpaired) electrons. The van der Waals surface area contributed by atoms with Crippen LogP contribution in [0.2, 0.25) is 0 Å². The summed E-state index contributed by atoms with van der Waals surface area (Å²) in [7, 11) is 0. The SMILES string of the molecule is CCCN(CCCCCCNCCc1ccc(O)c(O)c1)[C@H]1CCc2c(O)cccc2C1. The Kier molecular flexibility index (Phi) is 9.69. The van der Waals surface area contributed by atoms with Gasteiger partial charge in [-0.25, -0.2) is 0 Å². The molecule has 2 aromatic rings. The highest BCUT2D eigenvalue weighted by Crippen LogP contribution is 2.31. The van der Waals surface area contributed by atoms with Gasteiger partial charge in [-0.15, -0.1) is 0 Å². The Bertz CT molecular complexity index is 840. The second-order valence-electron chi connectivity index (χ2n) is 9.08. The number of benzene rings is 2. The van der Waals surface area contributed by atoms with Gasteiger partial charge in [0.15, 0.2) is 11.5 Å². The standard InChI is InChI=1S/C27H40N2O3/c1-2-17-29(23-11-12-24-22(20-23)8-7-9-25(24)30)18-6-4-3-5-15-28-16-14-21-10-13-26(31)27(32)19-21/h7-10,13,19,23,28,30-32H,2-6,11-12,14-18,20H2,1H3/t23-/m0/s1. The molecular formula is C27H40N2O3. The molecule has 0 amide bonds.